The topological polar surface area (TPSA) is 59.0 Å². The van der Waals surface area contributed by atoms with Gasteiger partial charge in [0.05, 0.1) is 12.7 Å². The Balaban J connectivity index is 2.09. The Morgan fingerprint density at radius 1 is 1.38 bits per heavy atom. The Labute approximate surface area is 96.1 Å². The molecule has 0 aliphatic rings. The van der Waals surface area contributed by atoms with Crippen molar-refractivity contribution in [2.75, 3.05) is 6.61 Å². The molecule has 0 saturated heterocycles. The molecule has 0 aliphatic heterocycles. The number of nitriles is 1. The van der Waals surface area contributed by atoms with Crippen LogP contribution in [-0.2, 0) is 11.3 Å². The molecule has 0 atom stereocenters. The van der Waals surface area contributed by atoms with Gasteiger partial charge in [0.1, 0.15) is 0 Å². The van der Waals surface area contributed by atoms with Crippen molar-refractivity contribution < 1.29 is 4.74 Å². The zero-order valence-corrected chi connectivity index (χ0v) is 9.23. The van der Waals surface area contributed by atoms with Crippen molar-refractivity contribution in [3.63, 3.8) is 0 Å². The molecule has 0 radical (unpaired) electrons. The maximum atomic E-state index is 8.35. The predicted molar refractivity (Wildman–Crippen MR) is 63.2 cm³/mol. The first-order valence-corrected chi connectivity index (χ1v) is 5.28. The second kappa shape index (κ2) is 7.49. The number of ether oxygens (including phenoxy) is 1. The minimum Gasteiger partial charge on any atom is -0.401 e. The summed E-state index contributed by atoms with van der Waals surface area (Å²) in [5.74, 6) is 0. The highest BCUT2D eigenvalue weighted by Crippen LogP contribution is 2.03. The van der Waals surface area contributed by atoms with Crippen molar-refractivity contribution in [2.24, 2.45) is 5.73 Å². The van der Waals surface area contributed by atoms with Crippen LogP contribution in [0.5, 0.6) is 0 Å². The largest absolute Gasteiger partial charge is 0.401 e. The van der Waals surface area contributed by atoms with Crippen LogP contribution in [0.4, 0.5) is 0 Å². The average Bonchev–Trinajstić information content (AvgIpc) is 2.30. The highest BCUT2D eigenvalue weighted by atomic mass is 16.5. The number of hydrogen-bond donors (Lipinski definition) is 1. The van der Waals surface area contributed by atoms with Crippen LogP contribution in [-0.4, -0.2) is 6.61 Å². The van der Waals surface area contributed by atoms with Crippen molar-refractivity contribution in [3.8, 4) is 6.07 Å². The van der Waals surface area contributed by atoms with Crippen molar-refractivity contribution >= 4 is 0 Å². The molecule has 0 fully saturated rings. The Hall–Kier alpha value is -1.79. The molecule has 1 aromatic carbocycles. The summed E-state index contributed by atoms with van der Waals surface area (Å²) in [5, 5.41) is 8.35. The zero-order valence-electron chi connectivity index (χ0n) is 9.23. The number of allylic oxidation sites excluding steroid dienone is 2. The Bertz CT molecular complexity index is 365. The summed E-state index contributed by atoms with van der Waals surface area (Å²) in [6, 6.07) is 11.9. The van der Waals surface area contributed by atoms with Gasteiger partial charge in [0, 0.05) is 18.4 Å². The van der Waals surface area contributed by atoms with Crippen LogP contribution >= 0.6 is 0 Å². The molecule has 3 nitrogen and oxygen atoms in total. The second-order valence-corrected chi connectivity index (χ2v) is 3.49. The Kier molecular flexibility index (Phi) is 5.75. The van der Waals surface area contributed by atoms with Crippen LogP contribution < -0.4 is 5.73 Å². The molecule has 0 spiro atoms. The molecule has 1 rings (SSSR count). The Morgan fingerprint density at radius 2 is 2.12 bits per heavy atom. The SMILES string of the molecule is N#C/C=C(\N)CCCOCc1ccccc1. The van der Waals surface area contributed by atoms with Gasteiger partial charge in [0.15, 0.2) is 0 Å². The lowest BCUT2D eigenvalue weighted by atomic mass is 10.2. The molecule has 0 unspecified atom stereocenters. The van der Waals surface area contributed by atoms with E-state index in [-0.39, 0.29) is 0 Å². The van der Waals surface area contributed by atoms with E-state index in [0.717, 1.165) is 6.42 Å². The first-order valence-electron chi connectivity index (χ1n) is 5.28. The second-order valence-electron chi connectivity index (χ2n) is 3.49. The number of nitrogens with zero attached hydrogens (tertiary/aromatic N) is 1. The van der Waals surface area contributed by atoms with E-state index in [9.17, 15) is 0 Å². The van der Waals surface area contributed by atoms with Gasteiger partial charge in [0.2, 0.25) is 0 Å². The Morgan fingerprint density at radius 3 is 2.81 bits per heavy atom. The minimum absolute atomic E-state index is 0.616. The minimum atomic E-state index is 0.616. The maximum absolute atomic E-state index is 8.35. The molecular weight excluding hydrogens is 200 g/mol. The molecular formula is C13H16N2O. The van der Waals surface area contributed by atoms with Gasteiger partial charge in [-0.2, -0.15) is 5.26 Å². The van der Waals surface area contributed by atoms with Crippen LogP contribution in [0.2, 0.25) is 0 Å². The van der Waals surface area contributed by atoms with E-state index < -0.39 is 0 Å². The summed E-state index contributed by atoms with van der Waals surface area (Å²) in [6.45, 7) is 1.29. The van der Waals surface area contributed by atoms with E-state index in [1.165, 1.54) is 11.6 Å². The highest BCUT2D eigenvalue weighted by Gasteiger charge is 1.93. The van der Waals surface area contributed by atoms with Crippen LogP contribution in [0.15, 0.2) is 42.1 Å². The normalized spacial score (nSPS) is 11.1. The van der Waals surface area contributed by atoms with E-state index >= 15 is 0 Å². The summed E-state index contributed by atoms with van der Waals surface area (Å²) in [5.41, 5.74) is 7.35. The molecule has 0 amide bonds. The van der Waals surface area contributed by atoms with Crippen molar-refractivity contribution in [3.05, 3.63) is 47.7 Å². The molecule has 0 aliphatic carbocycles. The summed E-state index contributed by atoms with van der Waals surface area (Å²) >= 11 is 0. The first kappa shape index (κ1) is 12.3. The molecule has 0 bridgehead atoms. The number of hydrogen-bond acceptors (Lipinski definition) is 3. The third-order valence-electron chi connectivity index (χ3n) is 2.12. The zero-order chi connectivity index (χ0) is 11.6. The summed E-state index contributed by atoms with van der Waals surface area (Å²) in [6.07, 6.45) is 2.93. The summed E-state index contributed by atoms with van der Waals surface area (Å²) < 4.78 is 5.48. The van der Waals surface area contributed by atoms with Crippen molar-refractivity contribution in [1.29, 1.82) is 5.26 Å². The molecule has 2 N–H and O–H groups in total. The van der Waals surface area contributed by atoms with E-state index in [0.29, 0.717) is 25.3 Å². The van der Waals surface area contributed by atoms with Gasteiger partial charge < -0.3 is 10.5 Å². The predicted octanol–water partition coefficient (Wildman–Crippen LogP) is 2.35. The lowest BCUT2D eigenvalue weighted by Crippen LogP contribution is -2.00. The quantitative estimate of drug-likeness (QED) is 0.586. The van der Waals surface area contributed by atoms with Gasteiger partial charge in [-0.05, 0) is 18.4 Å². The third kappa shape index (κ3) is 5.18. The van der Waals surface area contributed by atoms with Crippen molar-refractivity contribution in [2.45, 2.75) is 19.4 Å². The molecule has 3 heteroatoms. The van der Waals surface area contributed by atoms with Gasteiger partial charge in [-0.3, -0.25) is 0 Å². The van der Waals surface area contributed by atoms with E-state index in [4.69, 9.17) is 15.7 Å². The van der Waals surface area contributed by atoms with Gasteiger partial charge in [-0.1, -0.05) is 30.3 Å². The first-order chi connectivity index (χ1) is 7.83. The van der Waals surface area contributed by atoms with Gasteiger partial charge in [-0.25, -0.2) is 0 Å². The molecule has 0 saturated carbocycles. The van der Waals surface area contributed by atoms with Crippen molar-refractivity contribution in [1.82, 2.24) is 0 Å². The van der Waals surface area contributed by atoms with E-state index in [1.807, 2.05) is 36.4 Å². The number of benzene rings is 1. The van der Waals surface area contributed by atoms with Gasteiger partial charge in [0.25, 0.3) is 0 Å². The fourth-order valence-electron chi connectivity index (χ4n) is 1.30. The monoisotopic (exact) mass is 216 g/mol. The summed E-state index contributed by atoms with van der Waals surface area (Å²) in [7, 11) is 0. The smallest absolute Gasteiger partial charge is 0.0930 e. The third-order valence-corrected chi connectivity index (χ3v) is 2.12. The molecule has 0 aromatic heterocycles. The standard InChI is InChI=1S/C13H16N2O/c14-9-8-13(15)7-4-10-16-11-12-5-2-1-3-6-12/h1-3,5-6,8H,4,7,10-11,15H2/b13-8-. The average molecular weight is 216 g/mol. The van der Waals surface area contributed by atoms with Crippen LogP contribution in [0.3, 0.4) is 0 Å². The van der Waals surface area contributed by atoms with E-state index in [1.54, 1.807) is 0 Å². The lowest BCUT2D eigenvalue weighted by molar-refractivity contribution is 0.118. The van der Waals surface area contributed by atoms with Gasteiger partial charge in [-0.15, -0.1) is 0 Å². The van der Waals surface area contributed by atoms with Crippen LogP contribution in [0, 0.1) is 11.3 Å². The fraction of sp³-hybridized carbons (Fsp3) is 0.308. The number of nitrogens with two attached hydrogens (primary N) is 1. The van der Waals surface area contributed by atoms with Crippen LogP contribution in [0.1, 0.15) is 18.4 Å². The van der Waals surface area contributed by atoms with Gasteiger partial charge >= 0.3 is 0 Å². The van der Waals surface area contributed by atoms with Crippen LogP contribution in [0.25, 0.3) is 0 Å². The summed E-state index contributed by atoms with van der Waals surface area (Å²) in [4.78, 5) is 0. The number of rotatable bonds is 6. The molecule has 0 heterocycles. The fourth-order valence-corrected chi connectivity index (χ4v) is 1.30. The molecule has 16 heavy (non-hydrogen) atoms. The lowest BCUT2D eigenvalue weighted by Gasteiger charge is -2.04. The molecule has 84 valence electrons. The highest BCUT2D eigenvalue weighted by molar-refractivity contribution is 5.13. The maximum Gasteiger partial charge on any atom is 0.0930 e. The van der Waals surface area contributed by atoms with E-state index in [2.05, 4.69) is 0 Å². The molecule has 1 aromatic rings.